The van der Waals surface area contributed by atoms with Gasteiger partial charge in [-0.05, 0) is 29.9 Å². The predicted octanol–water partition coefficient (Wildman–Crippen LogP) is 4.63. The van der Waals surface area contributed by atoms with Gasteiger partial charge in [-0.25, -0.2) is 0 Å². The molecule has 1 fully saturated rings. The first-order valence-corrected chi connectivity index (χ1v) is 10.4. The standard InChI is InChI=1S/C21H27NO3S/c1-3-4-13-25-14-7-12-22-20(23)15-26-21(22)18-10-11-19(24-2)17-9-6-5-8-16(17)18/h5-6,8-11,21H,3-4,7,12-15H2,1-2H3. The number of amides is 1. The van der Waals surface area contributed by atoms with Crippen LogP contribution in [0.5, 0.6) is 5.75 Å². The lowest BCUT2D eigenvalue weighted by Gasteiger charge is -2.25. The largest absolute Gasteiger partial charge is 0.496 e. The van der Waals surface area contributed by atoms with Crippen molar-refractivity contribution in [3.63, 3.8) is 0 Å². The highest BCUT2D eigenvalue weighted by atomic mass is 32.2. The predicted molar refractivity (Wildman–Crippen MR) is 108 cm³/mol. The Morgan fingerprint density at radius 3 is 2.65 bits per heavy atom. The summed E-state index contributed by atoms with van der Waals surface area (Å²) in [4.78, 5) is 14.4. The Morgan fingerprint density at radius 1 is 1.12 bits per heavy atom. The second kappa shape index (κ2) is 9.28. The maximum absolute atomic E-state index is 12.4. The van der Waals surface area contributed by atoms with Crippen molar-refractivity contribution in [1.82, 2.24) is 4.90 Å². The van der Waals surface area contributed by atoms with E-state index in [1.165, 1.54) is 5.56 Å². The maximum atomic E-state index is 12.4. The lowest BCUT2D eigenvalue weighted by atomic mass is 10.0. The first-order valence-electron chi connectivity index (χ1n) is 9.30. The molecule has 0 N–H and O–H groups in total. The van der Waals surface area contributed by atoms with E-state index in [4.69, 9.17) is 9.47 Å². The van der Waals surface area contributed by atoms with Crippen molar-refractivity contribution in [1.29, 1.82) is 0 Å². The van der Waals surface area contributed by atoms with Gasteiger partial charge < -0.3 is 14.4 Å². The van der Waals surface area contributed by atoms with Gasteiger partial charge >= 0.3 is 0 Å². The Labute approximate surface area is 159 Å². The molecule has 1 unspecified atom stereocenters. The van der Waals surface area contributed by atoms with Crippen molar-refractivity contribution in [2.75, 3.05) is 32.6 Å². The minimum atomic E-state index is 0.0638. The molecule has 3 rings (SSSR count). The van der Waals surface area contributed by atoms with E-state index >= 15 is 0 Å². The summed E-state index contributed by atoms with van der Waals surface area (Å²) in [7, 11) is 1.69. The number of hydrogen-bond donors (Lipinski definition) is 0. The number of benzene rings is 2. The molecule has 1 saturated heterocycles. The lowest BCUT2D eigenvalue weighted by molar-refractivity contribution is -0.128. The molecular formula is C21H27NO3S. The van der Waals surface area contributed by atoms with Crippen LogP contribution in [0.4, 0.5) is 0 Å². The normalized spacial score (nSPS) is 17.2. The Morgan fingerprint density at radius 2 is 1.88 bits per heavy atom. The van der Waals surface area contributed by atoms with Crippen LogP contribution in [0, 0.1) is 0 Å². The van der Waals surface area contributed by atoms with Crippen molar-refractivity contribution in [3.8, 4) is 5.75 Å². The summed E-state index contributed by atoms with van der Waals surface area (Å²) < 4.78 is 11.2. The zero-order valence-electron chi connectivity index (χ0n) is 15.6. The zero-order valence-corrected chi connectivity index (χ0v) is 16.4. The summed E-state index contributed by atoms with van der Waals surface area (Å²) in [6.45, 7) is 4.42. The summed E-state index contributed by atoms with van der Waals surface area (Å²) in [6, 6.07) is 12.4. The van der Waals surface area contributed by atoms with Crippen LogP contribution in [0.2, 0.25) is 0 Å². The van der Waals surface area contributed by atoms with E-state index in [0.717, 1.165) is 48.9 Å². The van der Waals surface area contributed by atoms with E-state index < -0.39 is 0 Å². The van der Waals surface area contributed by atoms with Crippen LogP contribution in [0.25, 0.3) is 10.8 Å². The molecule has 0 radical (unpaired) electrons. The van der Waals surface area contributed by atoms with Crippen LogP contribution >= 0.6 is 11.8 Å². The van der Waals surface area contributed by atoms with Gasteiger partial charge in [-0.1, -0.05) is 43.7 Å². The number of carbonyl (C=O) groups is 1. The van der Waals surface area contributed by atoms with E-state index in [1.807, 2.05) is 23.1 Å². The van der Waals surface area contributed by atoms with Gasteiger partial charge in [-0.2, -0.15) is 0 Å². The highest BCUT2D eigenvalue weighted by Gasteiger charge is 2.33. The Bertz CT molecular complexity index is 749. The smallest absolute Gasteiger partial charge is 0.233 e. The van der Waals surface area contributed by atoms with Gasteiger partial charge in [0.25, 0.3) is 0 Å². The van der Waals surface area contributed by atoms with E-state index in [9.17, 15) is 4.79 Å². The second-order valence-corrected chi connectivity index (χ2v) is 7.54. The number of hydrogen-bond acceptors (Lipinski definition) is 4. The minimum Gasteiger partial charge on any atom is -0.496 e. The summed E-state index contributed by atoms with van der Waals surface area (Å²) >= 11 is 1.71. The Balaban J connectivity index is 1.75. The van der Waals surface area contributed by atoms with Gasteiger partial charge in [0.15, 0.2) is 0 Å². The third kappa shape index (κ3) is 4.15. The molecule has 26 heavy (non-hydrogen) atoms. The number of ether oxygens (including phenoxy) is 2. The first kappa shape index (κ1) is 19.1. The van der Waals surface area contributed by atoms with Crippen LogP contribution in [0.15, 0.2) is 36.4 Å². The van der Waals surface area contributed by atoms with Crippen molar-refractivity contribution in [3.05, 3.63) is 42.0 Å². The molecule has 1 heterocycles. The first-order chi connectivity index (χ1) is 12.8. The van der Waals surface area contributed by atoms with E-state index in [2.05, 4.69) is 25.1 Å². The van der Waals surface area contributed by atoms with Crippen molar-refractivity contribution in [2.24, 2.45) is 0 Å². The van der Waals surface area contributed by atoms with Crippen LogP contribution in [0.3, 0.4) is 0 Å². The summed E-state index contributed by atoms with van der Waals surface area (Å²) in [5.41, 5.74) is 1.18. The second-order valence-electron chi connectivity index (χ2n) is 6.47. The number of rotatable bonds is 9. The van der Waals surface area contributed by atoms with Gasteiger partial charge in [-0.3, -0.25) is 4.79 Å². The zero-order chi connectivity index (χ0) is 18.4. The minimum absolute atomic E-state index is 0.0638. The monoisotopic (exact) mass is 373 g/mol. The number of fused-ring (bicyclic) bond motifs is 1. The molecule has 0 aliphatic carbocycles. The van der Waals surface area contributed by atoms with Crippen LogP contribution in [-0.4, -0.2) is 43.4 Å². The molecule has 1 atom stereocenters. The number of unbranched alkanes of at least 4 members (excludes halogenated alkanes) is 1. The van der Waals surface area contributed by atoms with Gasteiger partial charge in [0.1, 0.15) is 11.1 Å². The molecule has 2 aromatic carbocycles. The topological polar surface area (TPSA) is 38.8 Å². The molecular weight excluding hydrogens is 346 g/mol. The quantitative estimate of drug-likeness (QED) is 0.601. The van der Waals surface area contributed by atoms with Gasteiger partial charge in [-0.15, -0.1) is 11.8 Å². The molecule has 0 saturated carbocycles. The van der Waals surface area contributed by atoms with Crippen LogP contribution < -0.4 is 4.74 Å². The Hall–Kier alpha value is -1.72. The SMILES string of the molecule is CCCCOCCCN1C(=O)CSC1c1ccc(OC)c2ccccc12. The van der Waals surface area contributed by atoms with Crippen molar-refractivity contribution >= 4 is 28.4 Å². The molecule has 0 bridgehead atoms. The van der Waals surface area contributed by atoms with E-state index in [1.54, 1.807) is 18.9 Å². The summed E-state index contributed by atoms with van der Waals surface area (Å²) in [5.74, 6) is 1.63. The van der Waals surface area contributed by atoms with Gasteiger partial charge in [0, 0.05) is 25.1 Å². The molecule has 1 aliphatic heterocycles. The molecule has 2 aromatic rings. The molecule has 140 valence electrons. The maximum Gasteiger partial charge on any atom is 0.233 e. The number of methoxy groups -OCH3 is 1. The number of nitrogens with zero attached hydrogens (tertiary/aromatic N) is 1. The highest BCUT2D eigenvalue weighted by Crippen LogP contribution is 2.43. The van der Waals surface area contributed by atoms with Crippen molar-refractivity contribution in [2.45, 2.75) is 31.6 Å². The average Bonchev–Trinajstić information content (AvgIpc) is 3.04. The third-order valence-electron chi connectivity index (χ3n) is 4.70. The van der Waals surface area contributed by atoms with Crippen LogP contribution in [-0.2, 0) is 9.53 Å². The van der Waals surface area contributed by atoms with Gasteiger partial charge in [0.05, 0.1) is 12.9 Å². The third-order valence-corrected chi connectivity index (χ3v) is 5.94. The molecule has 0 spiro atoms. The fourth-order valence-corrected chi connectivity index (χ4v) is 4.58. The van der Waals surface area contributed by atoms with E-state index in [-0.39, 0.29) is 11.3 Å². The summed E-state index contributed by atoms with van der Waals surface area (Å²) in [6.07, 6.45) is 3.12. The average molecular weight is 374 g/mol. The van der Waals surface area contributed by atoms with E-state index in [0.29, 0.717) is 12.4 Å². The fraction of sp³-hybridized carbons (Fsp3) is 0.476. The molecule has 5 heteroatoms. The summed E-state index contributed by atoms with van der Waals surface area (Å²) in [5, 5.41) is 2.31. The lowest BCUT2D eigenvalue weighted by Crippen LogP contribution is -2.30. The molecule has 1 aliphatic rings. The van der Waals surface area contributed by atoms with Crippen LogP contribution in [0.1, 0.15) is 37.1 Å². The highest BCUT2D eigenvalue weighted by molar-refractivity contribution is 8.00. The molecule has 0 aromatic heterocycles. The van der Waals surface area contributed by atoms with Gasteiger partial charge in [0.2, 0.25) is 5.91 Å². The fourth-order valence-electron chi connectivity index (χ4n) is 3.33. The van der Waals surface area contributed by atoms with Crippen molar-refractivity contribution < 1.29 is 14.3 Å². The number of thioether (sulfide) groups is 1. The molecule has 1 amide bonds. The molecule has 4 nitrogen and oxygen atoms in total. The Kier molecular flexibility index (Phi) is 6.80. The number of carbonyl (C=O) groups excluding carboxylic acids is 1.